The molecule has 1 aromatic carbocycles. The number of benzene rings is 1. The number of aryl methyl sites for hydroxylation is 1. The normalized spacial score (nSPS) is 18.0. The number of nitrogens with two attached hydrogens (primary N) is 1. The van der Waals surface area contributed by atoms with Crippen molar-refractivity contribution in [3.63, 3.8) is 0 Å². The fourth-order valence-corrected chi connectivity index (χ4v) is 1.78. The second-order valence-corrected chi connectivity index (χ2v) is 4.37. The highest BCUT2D eigenvalue weighted by Gasteiger charge is 2.42. The Hall–Kier alpha value is -0.730. The molecule has 0 unspecified atom stereocenters. The fraction of sp³-hybridized carbons (Fsp3) is 0.455. The zero-order valence-corrected chi connectivity index (χ0v) is 9.19. The van der Waals surface area contributed by atoms with Crippen LogP contribution in [-0.2, 0) is 5.54 Å². The van der Waals surface area contributed by atoms with E-state index >= 15 is 0 Å². The standard InChI is InChI=1S/C11H14ClNO/c1-7-5-10(14-2)8(6-9(7)12)11(13)3-4-11/h5-6H,3-4,13H2,1-2H3. The van der Waals surface area contributed by atoms with E-state index in [1.165, 1.54) is 0 Å². The molecule has 76 valence electrons. The molecule has 0 spiro atoms. The summed E-state index contributed by atoms with van der Waals surface area (Å²) in [5.74, 6) is 0.854. The summed E-state index contributed by atoms with van der Waals surface area (Å²) in [6, 6.07) is 3.88. The zero-order chi connectivity index (χ0) is 10.3. The molecule has 0 heterocycles. The van der Waals surface area contributed by atoms with E-state index in [1.807, 2.05) is 19.1 Å². The summed E-state index contributed by atoms with van der Waals surface area (Å²) in [6.45, 7) is 1.96. The third kappa shape index (κ3) is 1.49. The quantitative estimate of drug-likeness (QED) is 0.816. The number of methoxy groups -OCH3 is 1. The first-order valence-electron chi connectivity index (χ1n) is 4.70. The molecule has 1 fully saturated rings. The van der Waals surface area contributed by atoms with Crippen molar-refractivity contribution in [2.75, 3.05) is 7.11 Å². The van der Waals surface area contributed by atoms with Gasteiger partial charge in [0.1, 0.15) is 5.75 Å². The minimum Gasteiger partial charge on any atom is -0.496 e. The van der Waals surface area contributed by atoms with Crippen LogP contribution in [0.3, 0.4) is 0 Å². The maximum absolute atomic E-state index is 6.12. The van der Waals surface area contributed by atoms with Gasteiger partial charge >= 0.3 is 0 Å². The number of halogens is 1. The van der Waals surface area contributed by atoms with Crippen LogP contribution in [0.2, 0.25) is 5.02 Å². The van der Waals surface area contributed by atoms with Gasteiger partial charge in [-0.1, -0.05) is 11.6 Å². The van der Waals surface area contributed by atoms with Crippen LogP contribution < -0.4 is 10.5 Å². The summed E-state index contributed by atoms with van der Waals surface area (Å²) >= 11 is 6.07. The molecule has 2 N–H and O–H groups in total. The monoisotopic (exact) mass is 211 g/mol. The zero-order valence-electron chi connectivity index (χ0n) is 8.43. The van der Waals surface area contributed by atoms with Gasteiger partial charge < -0.3 is 10.5 Å². The van der Waals surface area contributed by atoms with E-state index in [0.29, 0.717) is 0 Å². The Morgan fingerprint density at radius 1 is 1.43 bits per heavy atom. The van der Waals surface area contributed by atoms with Crippen LogP contribution in [0.15, 0.2) is 12.1 Å². The average Bonchev–Trinajstić information content (AvgIpc) is 2.89. The molecule has 14 heavy (non-hydrogen) atoms. The molecule has 3 heteroatoms. The molecule has 2 rings (SSSR count). The lowest BCUT2D eigenvalue weighted by Crippen LogP contribution is -2.19. The van der Waals surface area contributed by atoms with E-state index in [1.54, 1.807) is 7.11 Å². The van der Waals surface area contributed by atoms with Gasteiger partial charge in [-0.15, -0.1) is 0 Å². The molecular formula is C11H14ClNO. The van der Waals surface area contributed by atoms with Crippen molar-refractivity contribution in [3.05, 3.63) is 28.3 Å². The first-order chi connectivity index (χ1) is 6.57. The van der Waals surface area contributed by atoms with Crippen LogP contribution in [-0.4, -0.2) is 7.11 Å². The summed E-state index contributed by atoms with van der Waals surface area (Å²) in [6.07, 6.45) is 2.03. The molecular weight excluding hydrogens is 198 g/mol. The topological polar surface area (TPSA) is 35.2 Å². The molecule has 2 nitrogen and oxygen atoms in total. The Morgan fingerprint density at radius 3 is 2.57 bits per heavy atom. The Morgan fingerprint density at radius 2 is 2.07 bits per heavy atom. The SMILES string of the molecule is COc1cc(C)c(Cl)cc1C1(N)CC1. The average molecular weight is 212 g/mol. The highest BCUT2D eigenvalue weighted by Crippen LogP contribution is 2.47. The van der Waals surface area contributed by atoms with Gasteiger partial charge in [-0.05, 0) is 37.5 Å². The van der Waals surface area contributed by atoms with Crippen molar-refractivity contribution in [2.45, 2.75) is 25.3 Å². The number of hydrogen-bond donors (Lipinski definition) is 1. The van der Waals surface area contributed by atoms with E-state index < -0.39 is 0 Å². The van der Waals surface area contributed by atoms with Crippen LogP contribution >= 0.6 is 11.6 Å². The van der Waals surface area contributed by atoms with Gasteiger partial charge in [0, 0.05) is 16.1 Å². The first kappa shape index (κ1) is 9.81. The van der Waals surface area contributed by atoms with Gasteiger partial charge in [-0.25, -0.2) is 0 Å². The second-order valence-electron chi connectivity index (χ2n) is 3.96. The lowest BCUT2D eigenvalue weighted by molar-refractivity contribution is 0.404. The number of ether oxygens (including phenoxy) is 1. The summed E-state index contributed by atoms with van der Waals surface area (Å²) in [5.41, 5.74) is 7.99. The summed E-state index contributed by atoms with van der Waals surface area (Å²) < 4.78 is 5.31. The predicted molar refractivity (Wildman–Crippen MR) is 57.8 cm³/mol. The maximum atomic E-state index is 6.12. The van der Waals surface area contributed by atoms with Crippen LogP contribution in [0.1, 0.15) is 24.0 Å². The van der Waals surface area contributed by atoms with Crippen molar-refractivity contribution >= 4 is 11.6 Å². The minimum absolute atomic E-state index is 0.192. The van der Waals surface area contributed by atoms with E-state index in [2.05, 4.69) is 0 Å². The maximum Gasteiger partial charge on any atom is 0.124 e. The van der Waals surface area contributed by atoms with Crippen molar-refractivity contribution in [1.29, 1.82) is 0 Å². The fourth-order valence-electron chi connectivity index (χ4n) is 1.62. The van der Waals surface area contributed by atoms with Gasteiger partial charge in [0.15, 0.2) is 0 Å². The minimum atomic E-state index is -0.192. The van der Waals surface area contributed by atoms with E-state index in [4.69, 9.17) is 22.1 Å². The predicted octanol–water partition coefficient (Wildman–Crippen LogP) is 2.60. The van der Waals surface area contributed by atoms with E-state index in [-0.39, 0.29) is 5.54 Å². The molecule has 0 atom stereocenters. The van der Waals surface area contributed by atoms with Gasteiger partial charge in [0.25, 0.3) is 0 Å². The molecule has 1 saturated carbocycles. The number of hydrogen-bond acceptors (Lipinski definition) is 2. The molecule has 0 amide bonds. The molecule has 0 bridgehead atoms. The Bertz CT molecular complexity index is 372. The summed E-state index contributed by atoms with van der Waals surface area (Å²) in [5, 5.41) is 0.762. The van der Waals surface area contributed by atoms with E-state index in [9.17, 15) is 0 Å². The van der Waals surface area contributed by atoms with Crippen molar-refractivity contribution in [3.8, 4) is 5.75 Å². The third-order valence-electron chi connectivity index (χ3n) is 2.81. The highest BCUT2D eigenvalue weighted by atomic mass is 35.5. The smallest absolute Gasteiger partial charge is 0.124 e. The highest BCUT2D eigenvalue weighted by molar-refractivity contribution is 6.31. The Labute approximate surface area is 89.0 Å². The molecule has 1 aliphatic carbocycles. The summed E-state index contributed by atoms with van der Waals surface area (Å²) in [4.78, 5) is 0. The molecule has 0 radical (unpaired) electrons. The third-order valence-corrected chi connectivity index (χ3v) is 3.21. The van der Waals surface area contributed by atoms with Gasteiger partial charge in [0.2, 0.25) is 0 Å². The number of rotatable bonds is 2. The van der Waals surface area contributed by atoms with E-state index in [0.717, 1.165) is 34.7 Å². The Balaban J connectivity index is 2.52. The second kappa shape index (κ2) is 3.14. The van der Waals surface area contributed by atoms with Gasteiger partial charge in [-0.2, -0.15) is 0 Å². The summed E-state index contributed by atoms with van der Waals surface area (Å²) in [7, 11) is 1.66. The lowest BCUT2D eigenvalue weighted by Gasteiger charge is -2.15. The van der Waals surface area contributed by atoms with Crippen molar-refractivity contribution in [1.82, 2.24) is 0 Å². The van der Waals surface area contributed by atoms with Crippen LogP contribution in [0.25, 0.3) is 0 Å². The van der Waals surface area contributed by atoms with Crippen LogP contribution in [0.5, 0.6) is 5.75 Å². The Kier molecular flexibility index (Phi) is 2.20. The first-order valence-corrected chi connectivity index (χ1v) is 5.08. The largest absolute Gasteiger partial charge is 0.496 e. The van der Waals surface area contributed by atoms with Crippen LogP contribution in [0.4, 0.5) is 0 Å². The molecule has 1 aliphatic rings. The van der Waals surface area contributed by atoms with Gasteiger partial charge in [0.05, 0.1) is 7.11 Å². The van der Waals surface area contributed by atoms with Crippen molar-refractivity contribution in [2.24, 2.45) is 5.73 Å². The van der Waals surface area contributed by atoms with Crippen LogP contribution in [0, 0.1) is 6.92 Å². The molecule has 0 aliphatic heterocycles. The molecule has 0 saturated heterocycles. The van der Waals surface area contributed by atoms with Gasteiger partial charge in [-0.3, -0.25) is 0 Å². The lowest BCUT2D eigenvalue weighted by atomic mass is 10.0. The molecule has 0 aromatic heterocycles. The molecule has 1 aromatic rings. The van der Waals surface area contributed by atoms with Crippen molar-refractivity contribution < 1.29 is 4.74 Å².